The Hall–Kier alpha value is -3.52. The summed E-state index contributed by atoms with van der Waals surface area (Å²) >= 11 is 5.13. The number of aryl methyl sites for hydroxylation is 1. The Morgan fingerprint density at radius 2 is 1.87 bits per heavy atom. The molecule has 2 heterocycles. The largest absolute Gasteiger partial charge is 0.345 e. The molecule has 30 heavy (non-hydrogen) atoms. The second kappa shape index (κ2) is 8.46. The van der Waals surface area contributed by atoms with Crippen molar-refractivity contribution >= 4 is 18.1 Å². The minimum absolute atomic E-state index is 0.209. The minimum Gasteiger partial charge on any atom is -0.345 e. The van der Waals surface area contributed by atoms with E-state index < -0.39 is 0 Å². The molecule has 0 aliphatic rings. The van der Waals surface area contributed by atoms with Gasteiger partial charge in [-0.1, -0.05) is 60.2 Å². The van der Waals surface area contributed by atoms with E-state index in [0.29, 0.717) is 28.4 Å². The standard InChI is InChI=1S/C22H22N6OS/c1-15-8-10-17(11-9-15)20-18(14-28(26-20)13-16-6-4-3-5-7-16)21(29)23-12-19-24-25-22(30)27(19)2/h3-11,14H,12-13H2,1-2H3,(H,23,29)(H,25,30). The first-order chi connectivity index (χ1) is 14.5. The predicted molar refractivity (Wildman–Crippen MR) is 118 cm³/mol. The summed E-state index contributed by atoms with van der Waals surface area (Å²) in [6.45, 7) is 2.88. The zero-order chi connectivity index (χ0) is 21.1. The first kappa shape index (κ1) is 19.8. The van der Waals surface area contributed by atoms with Crippen LogP contribution >= 0.6 is 12.2 Å². The number of nitrogens with zero attached hydrogens (tertiary/aromatic N) is 4. The van der Waals surface area contributed by atoms with E-state index in [1.165, 1.54) is 0 Å². The van der Waals surface area contributed by atoms with Crippen LogP contribution in [0.3, 0.4) is 0 Å². The van der Waals surface area contributed by atoms with Gasteiger partial charge in [-0.05, 0) is 24.7 Å². The molecule has 0 aliphatic heterocycles. The van der Waals surface area contributed by atoms with Crippen LogP contribution in [0, 0.1) is 11.7 Å². The molecule has 4 rings (SSSR count). The highest BCUT2D eigenvalue weighted by molar-refractivity contribution is 7.71. The van der Waals surface area contributed by atoms with E-state index in [9.17, 15) is 4.79 Å². The van der Waals surface area contributed by atoms with Gasteiger partial charge in [0.25, 0.3) is 5.91 Å². The Kier molecular flexibility index (Phi) is 5.58. The van der Waals surface area contributed by atoms with Crippen LogP contribution in [-0.2, 0) is 20.1 Å². The quantitative estimate of drug-likeness (QED) is 0.469. The van der Waals surface area contributed by atoms with Crippen molar-refractivity contribution in [3.05, 3.63) is 88.1 Å². The summed E-state index contributed by atoms with van der Waals surface area (Å²) in [4.78, 5) is 13.0. The summed E-state index contributed by atoms with van der Waals surface area (Å²) in [6, 6.07) is 18.0. The third kappa shape index (κ3) is 4.23. The average Bonchev–Trinajstić information content (AvgIpc) is 3.31. The van der Waals surface area contributed by atoms with Crippen molar-refractivity contribution in [1.29, 1.82) is 0 Å². The molecule has 0 unspecified atom stereocenters. The topological polar surface area (TPSA) is 80.5 Å². The summed E-state index contributed by atoms with van der Waals surface area (Å²) in [6.07, 6.45) is 1.79. The van der Waals surface area contributed by atoms with Crippen LogP contribution in [0.4, 0.5) is 0 Å². The summed E-state index contributed by atoms with van der Waals surface area (Å²) in [5.74, 6) is 0.445. The second-order valence-electron chi connectivity index (χ2n) is 7.13. The average molecular weight is 419 g/mol. The van der Waals surface area contributed by atoms with Crippen molar-refractivity contribution in [2.45, 2.75) is 20.0 Å². The number of hydrogen-bond acceptors (Lipinski definition) is 4. The summed E-state index contributed by atoms with van der Waals surface area (Å²) in [5.41, 5.74) is 4.34. The number of aromatic nitrogens is 5. The zero-order valence-electron chi connectivity index (χ0n) is 16.8. The van der Waals surface area contributed by atoms with E-state index in [-0.39, 0.29) is 12.5 Å². The van der Waals surface area contributed by atoms with Gasteiger partial charge < -0.3 is 9.88 Å². The molecule has 0 spiro atoms. The van der Waals surface area contributed by atoms with Crippen LogP contribution in [0.2, 0.25) is 0 Å². The fourth-order valence-electron chi connectivity index (χ4n) is 3.16. The van der Waals surface area contributed by atoms with Gasteiger partial charge in [-0.25, -0.2) is 0 Å². The number of hydrogen-bond donors (Lipinski definition) is 2. The van der Waals surface area contributed by atoms with Gasteiger partial charge in [-0.15, -0.1) is 0 Å². The Morgan fingerprint density at radius 1 is 1.13 bits per heavy atom. The molecule has 4 aromatic rings. The molecule has 0 aliphatic carbocycles. The van der Waals surface area contributed by atoms with Crippen LogP contribution in [0.15, 0.2) is 60.8 Å². The number of carbonyl (C=O) groups excluding carboxylic acids is 1. The second-order valence-corrected chi connectivity index (χ2v) is 7.51. The van der Waals surface area contributed by atoms with Gasteiger partial charge in [0, 0.05) is 18.8 Å². The number of aromatic amines is 1. The maximum absolute atomic E-state index is 13.0. The fraction of sp³-hybridized carbons (Fsp3) is 0.182. The van der Waals surface area contributed by atoms with Crippen LogP contribution in [0.5, 0.6) is 0 Å². The third-order valence-corrected chi connectivity index (χ3v) is 5.26. The number of nitrogens with one attached hydrogen (secondary N) is 2. The molecule has 2 aromatic carbocycles. The molecule has 2 N–H and O–H groups in total. The summed E-state index contributed by atoms with van der Waals surface area (Å²) < 4.78 is 4.04. The molecule has 0 saturated heterocycles. The van der Waals surface area contributed by atoms with Crippen molar-refractivity contribution in [3.8, 4) is 11.3 Å². The van der Waals surface area contributed by atoms with E-state index in [4.69, 9.17) is 17.3 Å². The molecule has 7 nitrogen and oxygen atoms in total. The molecular formula is C22H22N6OS. The van der Waals surface area contributed by atoms with Crippen molar-refractivity contribution in [1.82, 2.24) is 29.9 Å². The first-order valence-corrected chi connectivity index (χ1v) is 9.99. The van der Waals surface area contributed by atoms with Gasteiger partial charge in [-0.3, -0.25) is 14.6 Å². The maximum Gasteiger partial charge on any atom is 0.255 e. The van der Waals surface area contributed by atoms with Gasteiger partial charge in [0.2, 0.25) is 0 Å². The predicted octanol–water partition coefficient (Wildman–Crippen LogP) is 3.63. The number of amides is 1. The van der Waals surface area contributed by atoms with Crippen LogP contribution < -0.4 is 5.32 Å². The Balaban J connectivity index is 1.63. The lowest BCUT2D eigenvalue weighted by molar-refractivity contribution is 0.0950. The number of H-pyrrole nitrogens is 1. The Morgan fingerprint density at radius 3 is 2.53 bits per heavy atom. The first-order valence-electron chi connectivity index (χ1n) is 9.58. The molecule has 0 atom stereocenters. The van der Waals surface area contributed by atoms with E-state index in [1.807, 2.05) is 68.6 Å². The van der Waals surface area contributed by atoms with Gasteiger partial charge in [0.15, 0.2) is 10.6 Å². The zero-order valence-corrected chi connectivity index (χ0v) is 17.6. The molecule has 152 valence electrons. The van der Waals surface area contributed by atoms with E-state index >= 15 is 0 Å². The molecule has 0 saturated carbocycles. The van der Waals surface area contributed by atoms with Crippen LogP contribution in [0.1, 0.15) is 27.3 Å². The maximum atomic E-state index is 13.0. The molecule has 0 radical (unpaired) electrons. The molecule has 8 heteroatoms. The Bertz CT molecular complexity index is 1220. The molecule has 0 fully saturated rings. The van der Waals surface area contributed by atoms with Crippen molar-refractivity contribution in [2.24, 2.45) is 7.05 Å². The molecule has 0 bridgehead atoms. The highest BCUT2D eigenvalue weighted by atomic mass is 32.1. The van der Waals surface area contributed by atoms with E-state index in [1.54, 1.807) is 15.4 Å². The highest BCUT2D eigenvalue weighted by Crippen LogP contribution is 2.23. The summed E-state index contributed by atoms with van der Waals surface area (Å²) in [7, 11) is 1.81. The van der Waals surface area contributed by atoms with Gasteiger partial charge in [-0.2, -0.15) is 10.2 Å². The third-order valence-electron chi connectivity index (χ3n) is 4.90. The lowest BCUT2D eigenvalue weighted by Gasteiger charge is -2.05. The smallest absolute Gasteiger partial charge is 0.255 e. The SMILES string of the molecule is Cc1ccc(-c2nn(Cc3ccccc3)cc2C(=O)NCc2n[nH]c(=S)n2C)cc1. The summed E-state index contributed by atoms with van der Waals surface area (Å²) in [5, 5.41) is 14.5. The van der Waals surface area contributed by atoms with Gasteiger partial charge >= 0.3 is 0 Å². The lowest BCUT2D eigenvalue weighted by Crippen LogP contribution is -2.24. The lowest BCUT2D eigenvalue weighted by atomic mass is 10.1. The molecule has 1 amide bonds. The van der Waals surface area contributed by atoms with Crippen molar-refractivity contribution in [3.63, 3.8) is 0 Å². The monoisotopic (exact) mass is 418 g/mol. The van der Waals surface area contributed by atoms with E-state index in [0.717, 1.165) is 16.7 Å². The number of carbonyl (C=O) groups is 1. The van der Waals surface area contributed by atoms with E-state index in [2.05, 4.69) is 15.5 Å². The number of benzene rings is 2. The van der Waals surface area contributed by atoms with Crippen LogP contribution in [-0.4, -0.2) is 30.5 Å². The fourth-order valence-corrected chi connectivity index (χ4v) is 3.31. The van der Waals surface area contributed by atoms with Gasteiger partial charge in [0.05, 0.1) is 18.7 Å². The minimum atomic E-state index is -0.209. The normalized spacial score (nSPS) is 10.9. The highest BCUT2D eigenvalue weighted by Gasteiger charge is 2.18. The van der Waals surface area contributed by atoms with Crippen molar-refractivity contribution < 1.29 is 4.79 Å². The Labute approximate surface area is 179 Å². The van der Waals surface area contributed by atoms with Gasteiger partial charge in [0.1, 0.15) is 5.69 Å². The molecular weight excluding hydrogens is 396 g/mol. The van der Waals surface area contributed by atoms with Crippen LogP contribution in [0.25, 0.3) is 11.3 Å². The van der Waals surface area contributed by atoms with Crippen molar-refractivity contribution in [2.75, 3.05) is 0 Å². The molecule has 2 aromatic heterocycles. The number of rotatable bonds is 6.